The zero-order valence-electron chi connectivity index (χ0n) is 8.91. The molecule has 2 aromatic heterocycles. The molecule has 2 aromatic rings. The fraction of sp³-hybridized carbons (Fsp3) is 0.300. The quantitative estimate of drug-likeness (QED) is 0.889. The summed E-state index contributed by atoms with van der Waals surface area (Å²) >= 11 is 1.31. The molecule has 0 bridgehead atoms. The third-order valence-electron chi connectivity index (χ3n) is 2.16. The van der Waals surface area contributed by atoms with Crippen LogP contribution in [0.1, 0.15) is 30.4 Å². The number of thiazole rings is 1. The summed E-state index contributed by atoms with van der Waals surface area (Å²) in [6.07, 6.45) is 1.67. The Balaban J connectivity index is 2.54. The largest absolute Gasteiger partial charge is 0.476 e. The monoisotopic (exact) mass is 237 g/mol. The first-order valence-corrected chi connectivity index (χ1v) is 5.70. The minimum absolute atomic E-state index is 0.0902. The minimum Gasteiger partial charge on any atom is -0.476 e. The summed E-state index contributed by atoms with van der Waals surface area (Å²) in [5.74, 6) is -1.01. The van der Waals surface area contributed by atoms with Crippen molar-refractivity contribution in [2.45, 2.75) is 19.9 Å². The summed E-state index contributed by atoms with van der Waals surface area (Å²) in [7, 11) is 0. The zero-order chi connectivity index (χ0) is 11.7. The molecule has 0 saturated carbocycles. The lowest BCUT2D eigenvalue weighted by molar-refractivity contribution is 0.0692. The molecule has 0 radical (unpaired) electrons. The van der Waals surface area contributed by atoms with Gasteiger partial charge in [-0.05, 0) is 19.9 Å². The van der Waals surface area contributed by atoms with E-state index >= 15 is 0 Å². The lowest BCUT2D eigenvalue weighted by Crippen LogP contribution is -2.06. The molecule has 0 atom stereocenters. The van der Waals surface area contributed by atoms with Gasteiger partial charge in [-0.25, -0.2) is 9.78 Å². The Morgan fingerprint density at radius 3 is 2.94 bits per heavy atom. The first kappa shape index (κ1) is 10.8. The van der Waals surface area contributed by atoms with Gasteiger partial charge in [0.2, 0.25) is 0 Å². The molecular weight excluding hydrogens is 226 g/mol. The molecule has 6 heteroatoms. The second-order valence-corrected chi connectivity index (χ2v) is 4.44. The molecule has 5 nitrogen and oxygen atoms in total. The number of aromatic nitrogens is 3. The van der Waals surface area contributed by atoms with Gasteiger partial charge in [0.1, 0.15) is 0 Å². The molecule has 0 unspecified atom stereocenters. The Bertz CT molecular complexity index is 516. The number of carbonyl (C=O) groups is 1. The first-order chi connectivity index (χ1) is 7.61. The van der Waals surface area contributed by atoms with Crippen molar-refractivity contribution in [3.8, 4) is 10.6 Å². The second-order valence-electron chi connectivity index (χ2n) is 3.59. The van der Waals surface area contributed by atoms with Gasteiger partial charge in [0.15, 0.2) is 5.69 Å². The van der Waals surface area contributed by atoms with Gasteiger partial charge in [-0.1, -0.05) is 0 Å². The van der Waals surface area contributed by atoms with Gasteiger partial charge in [-0.15, -0.1) is 11.3 Å². The molecule has 0 saturated heterocycles. The van der Waals surface area contributed by atoms with Crippen molar-refractivity contribution in [3.63, 3.8) is 0 Å². The molecule has 2 rings (SSSR count). The van der Waals surface area contributed by atoms with Gasteiger partial charge in [-0.3, -0.25) is 4.68 Å². The third-order valence-corrected chi connectivity index (χ3v) is 3.01. The Kier molecular flexibility index (Phi) is 2.74. The second kappa shape index (κ2) is 4.05. The zero-order valence-corrected chi connectivity index (χ0v) is 9.73. The maximum absolute atomic E-state index is 11.0. The van der Waals surface area contributed by atoms with Gasteiger partial charge >= 0.3 is 5.97 Å². The molecule has 0 aliphatic carbocycles. The first-order valence-electron chi connectivity index (χ1n) is 4.82. The van der Waals surface area contributed by atoms with Crippen LogP contribution in [0.2, 0.25) is 0 Å². The molecule has 0 amide bonds. The number of nitrogens with zero attached hydrogens (tertiary/aromatic N) is 3. The van der Waals surface area contributed by atoms with Crippen molar-refractivity contribution in [2.75, 3.05) is 0 Å². The van der Waals surface area contributed by atoms with E-state index in [2.05, 4.69) is 10.1 Å². The van der Waals surface area contributed by atoms with E-state index in [1.165, 1.54) is 16.8 Å². The summed E-state index contributed by atoms with van der Waals surface area (Å²) in [6.45, 7) is 4.00. The van der Waals surface area contributed by atoms with Gasteiger partial charge in [0.05, 0.1) is 16.1 Å². The normalized spacial score (nSPS) is 10.9. The molecular formula is C10H11N3O2S. The Labute approximate surface area is 96.4 Å². The predicted molar refractivity (Wildman–Crippen MR) is 60.7 cm³/mol. The highest BCUT2D eigenvalue weighted by Crippen LogP contribution is 2.29. The fourth-order valence-corrected chi connectivity index (χ4v) is 2.28. The van der Waals surface area contributed by atoms with Crippen molar-refractivity contribution >= 4 is 17.3 Å². The van der Waals surface area contributed by atoms with Gasteiger partial charge in [-0.2, -0.15) is 5.10 Å². The van der Waals surface area contributed by atoms with E-state index in [1.54, 1.807) is 16.9 Å². The van der Waals surface area contributed by atoms with E-state index in [9.17, 15) is 4.79 Å². The lowest BCUT2D eigenvalue weighted by Gasteiger charge is -2.09. The van der Waals surface area contributed by atoms with E-state index < -0.39 is 5.97 Å². The number of hydrogen-bond donors (Lipinski definition) is 1. The van der Waals surface area contributed by atoms with E-state index in [1.807, 2.05) is 13.8 Å². The average molecular weight is 237 g/mol. The number of aromatic carboxylic acids is 1. The average Bonchev–Trinajstić information content (AvgIpc) is 2.85. The number of rotatable bonds is 3. The van der Waals surface area contributed by atoms with Crippen molar-refractivity contribution in [3.05, 3.63) is 23.5 Å². The minimum atomic E-state index is -1.01. The predicted octanol–water partition coefficient (Wildman–Crippen LogP) is 2.29. The van der Waals surface area contributed by atoms with Crippen LogP contribution in [-0.2, 0) is 0 Å². The van der Waals surface area contributed by atoms with Crippen LogP contribution in [0.15, 0.2) is 17.8 Å². The van der Waals surface area contributed by atoms with Gasteiger partial charge in [0, 0.05) is 12.2 Å². The Morgan fingerprint density at radius 2 is 2.31 bits per heavy atom. The van der Waals surface area contributed by atoms with Crippen molar-refractivity contribution in [1.29, 1.82) is 0 Å². The molecule has 0 aromatic carbocycles. The van der Waals surface area contributed by atoms with E-state index in [0.29, 0.717) is 4.88 Å². The third kappa shape index (κ3) is 1.71. The molecule has 84 valence electrons. The highest BCUT2D eigenvalue weighted by atomic mass is 32.1. The summed E-state index contributed by atoms with van der Waals surface area (Å²) in [4.78, 5) is 15.5. The van der Waals surface area contributed by atoms with Crippen LogP contribution < -0.4 is 0 Å². The lowest BCUT2D eigenvalue weighted by atomic mass is 10.2. The highest BCUT2D eigenvalue weighted by Gasteiger charge is 2.19. The van der Waals surface area contributed by atoms with Crippen molar-refractivity contribution < 1.29 is 9.90 Å². The smallest absolute Gasteiger partial charge is 0.356 e. The SMILES string of the molecule is CC(C)n1nccc1-c1scnc1C(=O)O. The molecule has 0 spiro atoms. The molecule has 16 heavy (non-hydrogen) atoms. The van der Waals surface area contributed by atoms with E-state index in [0.717, 1.165) is 5.69 Å². The molecule has 0 aliphatic rings. The van der Waals surface area contributed by atoms with Crippen molar-refractivity contribution in [1.82, 2.24) is 14.8 Å². The van der Waals surface area contributed by atoms with Crippen LogP contribution in [0, 0.1) is 0 Å². The van der Waals surface area contributed by atoms with Crippen LogP contribution in [0.5, 0.6) is 0 Å². The van der Waals surface area contributed by atoms with Crippen LogP contribution >= 0.6 is 11.3 Å². The van der Waals surface area contributed by atoms with E-state index in [-0.39, 0.29) is 11.7 Å². The summed E-state index contributed by atoms with van der Waals surface area (Å²) in [5, 5.41) is 13.2. The molecule has 0 aliphatic heterocycles. The summed E-state index contributed by atoms with van der Waals surface area (Å²) in [6, 6.07) is 1.99. The maximum atomic E-state index is 11.0. The number of carboxylic acids is 1. The van der Waals surface area contributed by atoms with Crippen LogP contribution in [0.25, 0.3) is 10.6 Å². The Morgan fingerprint density at radius 1 is 1.56 bits per heavy atom. The number of hydrogen-bond acceptors (Lipinski definition) is 4. The maximum Gasteiger partial charge on any atom is 0.356 e. The summed E-state index contributed by atoms with van der Waals surface area (Å²) < 4.78 is 1.79. The fourth-order valence-electron chi connectivity index (χ4n) is 1.49. The standard InChI is InChI=1S/C10H11N3O2S/c1-6(2)13-7(3-4-12-13)9-8(10(14)15)11-5-16-9/h3-6H,1-2H3,(H,14,15). The number of carboxylic acid groups (broad SMARTS) is 1. The summed E-state index contributed by atoms with van der Waals surface area (Å²) in [5.41, 5.74) is 2.43. The van der Waals surface area contributed by atoms with Crippen LogP contribution in [0.3, 0.4) is 0 Å². The molecule has 2 heterocycles. The van der Waals surface area contributed by atoms with Crippen molar-refractivity contribution in [2.24, 2.45) is 0 Å². The van der Waals surface area contributed by atoms with E-state index in [4.69, 9.17) is 5.11 Å². The van der Waals surface area contributed by atoms with Crippen LogP contribution in [0.4, 0.5) is 0 Å². The van der Waals surface area contributed by atoms with Gasteiger partial charge < -0.3 is 5.11 Å². The Hall–Kier alpha value is -1.69. The highest BCUT2D eigenvalue weighted by molar-refractivity contribution is 7.13. The topological polar surface area (TPSA) is 68.0 Å². The molecule has 0 fully saturated rings. The van der Waals surface area contributed by atoms with Crippen LogP contribution in [-0.4, -0.2) is 25.8 Å². The molecule has 1 N–H and O–H groups in total. The van der Waals surface area contributed by atoms with Gasteiger partial charge in [0.25, 0.3) is 0 Å².